The number of nitrogens with zero attached hydrogens (tertiary/aromatic N) is 1. The van der Waals surface area contributed by atoms with Crippen LogP contribution in [0.3, 0.4) is 0 Å². The van der Waals surface area contributed by atoms with E-state index in [0.29, 0.717) is 13.0 Å². The SMILES string of the molecule is CC1(C)OB(c2ccc(N3CC(N)CC3=O)cc2)OC1(C)C. The highest BCUT2D eigenvalue weighted by Crippen LogP contribution is 2.36. The van der Waals surface area contributed by atoms with E-state index in [2.05, 4.69) is 0 Å². The van der Waals surface area contributed by atoms with Gasteiger partial charge in [0, 0.05) is 24.7 Å². The Labute approximate surface area is 131 Å². The summed E-state index contributed by atoms with van der Waals surface area (Å²) in [7, 11) is -0.379. The van der Waals surface area contributed by atoms with Crippen LogP contribution in [0.1, 0.15) is 34.1 Å². The van der Waals surface area contributed by atoms with Crippen molar-refractivity contribution in [3.8, 4) is 0 Å². The van der Waals surface area contributed by atoms with Crippen molar-refractivity contribution in [2.24, 2.45) is 5.73 Å². The molecule has 2 saturated heterocycles. The number of hydrogen-bond donors (Lipinski definition) is 1. The molecular formula is C16H23BN2O3. The molecule has 2 aliphatic heterocycles. The third kappa shape index (κ3) is 2.55. The van der Waals surface area contributed by atoms with Gasteiger partial charge >= 0.3 is 7.12 Å². The second-order valence-corrected chi connectivity index (χ2v) is 7.15. The van der Waals surface area contributed by atoms with Gasteiger partial charge in [-0.1, -0.05) is 12.1 Å². The van der Waals surface area contributed by atoms with Crippen LogP contribution in [0.4, 0.5) is 5.69 Å². The molecule has 0 spiro atoms. The molecule has 0 bridgehead atoms. The molecule has 22 heavy (non-hydrogen) atoms. The van der Waals surface area contributed by atoms with Crippen molar-refractivity contribution in [1.82, 2.24) is 0 Å². The van der Waals surface area contributed by atoms with Gasteiger partial charge in [-0.3, -0.25) is 4.79 Å². The number of carbonyl (C=O) groups is 1. The lowest BCUT2D eigenvalue weighted by molar-refractivity contribution is -0.117. The maximum atomic E-state index is 11.9. The summed E-state index contributed by atoms with van der Waals surface area (Å²) in [6.07, 6.45) is 0.416. The second kappa shape index (κ2) is 5.08. The van der Waals surface area contributed by atoms with Crippen LogP contribution in [-0.4, -0.2) is 36.8 Å². The number of anilines is 1. The lowest BCUT2D eigenvalue weighted by atomic mass is 9.79. The van der Waals surface area contributed by atoms with E-state index >= 15 is 0 Å². The van der Waals surface area contributed by atoms with Gasteiger partial charge in [0.25, 0.3) is 0 Å². The molecule has 5 nitrogen and oxygen atoms in total. The van der Waals surface area contributed by atoms with Crippen LogP contribution in [0, 0.1) is 0 Å². The fourth-order valence-electron chi connectivity index (χ4n) is 2.78. The van der Waals surface area contributed by atoms with Gasteiger partial charge in [-0.15, -0.1) is 0 Å². The van der Waals surface area contributed by atoms with Crippen molar-refractivity contribution in [3.05, 3.63) is 24.3 Å². The quantitative estimate of drug-likeness (QED) is 0.829. The minimum atomic E-state index is -0.379. The monoisotopic (exact) mass is 302 g/mol. The fourth-order valence-corrected chi connectivity index (χ4v) is 2.78. The number of nitrogens with two attached hydrogens (primary N) is 1. The van der Waals surface area contributed by atoms with Gasteiger partial charge in [-0.05, 0) is 45.3 Å². The number of carbonyl (C=O) groups excluding carboxylic acids is 1. The first-order valence-electron chi connectivity index (χ1n) is 7.71. The molecule has 2 N–H and O–H groups in total. The predicted octanol–water partition coefficient (Wildman–Crippen LogP) is 1.05. The van der Waals surface area contributed by atoms with Crippen molar-refractivity contribution < 1.29 is 14.1 Å². The number of rotatable bonds is 2. The Morgan fingerprint density at radius 3 is 2.14 bits per heavy atom. The maximum absolute atomic E-state index is 11.9. The van der Waals surface area contributed by atoms with Gasteiger partial charge in [0.1, 0.15) is 0 Å². The van der Waals surface area contributed by atoms with Crippen molar-refractivity contribution in [2.45, 2.75) is 51.4 Å². The first kappa shape index (κ1) is 15.5. The van der Waals surface area contributed by atoms with Crippen LogP contribution < -0.4 is 16.1 Å². The van der Waals surface area contributed by atoms with Gasteiger partial charge in [0.15, 0.2) is 0 Å². The van der Waals surface area contributed by atoms with Crippen molar-refractivity contribution in [2.75, 3.05) is 11.4 Å². The van der Waals surface area contributed by atoms with Crippen LogP contribution >= 0.6 is 0 Å². The molecule has 6 heteroatoms. The van der Waals surface area contributed by atoms with Crippen LogP contribution in [0.25, 0.3) is 0 Å². The minimum absolute atomic E-state index is 0.0738. The Balaban J connectivity index is 1.77. The Hall–Kier alpha value is -1.37. The Morgan fingerprint density at radius 2 is 1.68 bits per heavy atom. The summed E-state index contributed by atoms with van der Waals surface area (Å²) in [6, 6.07) is 7.69. The second-order valence-electron chi connectivity index (χ2n) is 7.15. The molecule has 118 valence electrons. The zero-order valence-electron chi connectivity index (χ0n) is 13.6. The molecular weight excluding hydrogens is 279 g/mol. The molecule has 0 aliphatic carbocycles. The summed E-state index contributed by atoms with van der Waals surface area (Å²) in [4.78, 5) is 13.6. The lowest BCUT2D eigenvalue weighted by Crippen LogP contribution is -2.41. The van der Waals surface area contributed by atoms with E-state index in [9.17, 15) is 4.79 Å². The molecule has 1 atom stereocenters. The number of benzene rings is 1. The molecule has 1 aromatic carbocycles. The minimum Gasteiger partial charge on any atom is -0.399 e. The number of amides is 1. The Kier molecular flexibility index (Phi) is 3.59. The summed E-state index contributed by atoms with van der Waals surface area (Å²) in [6.45, 7) is 8.71. The zero-order chi connectivity index (χ0) is 16.1. The van der Waals surface area contributed by atoms with E-state index in [4.69, 9.17) is 15.0 Å². The maximum Gasteiger partial charge on any atom is 0.494 e. The smallest absolute Gasteiger partial charge is 0.399 e. The third-order valence-corrected chi connectivity index (χ3v) is 4.89. The molecule has 1 amide bonds. The number of hydrogen-bond acceptors (Lipinski definition) is 4. The standard InChI is InChI=1S/C16H23BN2O3/c1-15(2)16(3,4)22-17(21-15)11-5-7-13(8-6-11)19-10-12(18)9-14(19)20/h5-8,12H,9-10,18H2,1-4H3. The van der Waals surface area contributed by atoms with E-state index in [0.717, 1.165) is 11.2 Å². The summed E-state index contributed by atoms with van der Waals surface area (Å²) in [5.41, 5.74) is 6.96. The van der Waals surface area contributed by atoms with Crippen molar-refractivity contribution in [1.29, 1.82) is 0 Å². The average molecular weight is 302 g/mol. The van der Waals surface area contributed by atoms with E-state index < -0.39 is 0 Å². The van der Waals surface area contributed by atoms with Gasteiger partial charge in [0.05, 0.1) is 11.2 Å². The normalized spacial score (nSPS) is 26.8. The van der Waals surface area contributed by atoms with E-state index in [-0.39, 0.29) is 30.3 Å². The van der Waals surface area contributed by atoms with Gasteiger partial charge in [0.2, 0.25) is 5.91 Å². The van der Waals surface area contributed by atoms with Gasteiger partial charge in [-0.2, -0.15) is 0 Å². The zero-order valence-corrected chi connectivity index (χ0v) is 13.6. The topological polar surface area (TPSA) is 64.8 Å². The molecule has 1 unspecified atom stereocenters. The molecule has 0 aromatic heterocycles. The summed E-state index contributed by atoms with van der Waals surface area (Å²) in [5, 5.41) is 0. The van der Waals surface area contributed by atoms with E-state index in [1.807, 2.05) is 52.0 Å². The lowest BCUT2D eigenvalue weighted by Gasteiger charge is -2.32. The molecule has 2 heterocycles. The largest absolute Gasteiger partial charge is 0.494 e. The summed E-state index contributed by atoms with van der Waals surface area (Å²) >= 11 is 0. The first-order valence-corrected chi connectivity index (χ1v) is 7.71. The van der Waals surface area contributed by atoms with Crippen LogP contribution in [0.15, 0.2) is 24.3 Å². The van der Waals surface area contributed by atoms with Crippen LogP contribution in [0.5, 0.6) is 0 Å². The highest BCUT2D eigenvalue weighted by atomic mass is 16.7. The average Bonchev–Trinajstić information content (AvgIpc) is 2.86. The Morgan fingerprint density at radius 1 is 1.14 bits per heavy atom. The molecule has 0 radical (unpaired) electrons. The van der Waals surface area contributed by atoms with Gasteiger partial charge < -0.3 is 19.9 Å². The fraction of sp³-hybridized carbons (Fsp3) is 0.562. The van der Waals surface area contributed by atoms with Crippen molar-refractivity contribution >= 4 is 24.2 Å². The molecule has 0 saturated carbocycles. The predicted molar refractivity (Wildman–Crippen MR) is 87.1 cm³/mol. The van der Waals surface area contributed by atoms with Crippen LogP contribution in [-0.2, 0) is 14.1 Å². The summed E-state index contributed by atoms with van der Waals surface area (Å²) in [5.74, 6) is 0.0795. The summed E-state index contributed by atoms with van der Waals surface area (Å²) < 4.78 is 12.1. The van der Waals surface area contributed by atoms with E-state index in [1.165, 1.54) is 0 Å². The van der Waals surface area contributed by atoms with E-state index in [1.54, 1.807) is 4.90 Å². The third-order valence-electron chi connectivity index (χ3n) is 4.89. The van der Waals surface area contributed by atoms with Crippen LogP contribution in [0.2, 0.25) is 0 Å². The first-order chi connectivity index (χ1) is 10.2. The molecule has 3 rings (SSSR count). The molecule has 1 aromatic rings. The molecule has 2 aliphatic rings. The highest BCUT2D eigenvalue weighted by molar-refractivity contribution is 6.62. The van der Waals surface area contributed by atoms with Crippen molar-refractivity contribution in [3.63, 3.8) is 0 Å². The van der Waals surface area contributed by atoms with Gasteiger partial charge in [-0.25, -0.2) is 0 Å². The highest BCUT2D eigenvalue weighted by Gasteiger charge is 2.51. The Bertz CT molecular complexity index is 570. The molecule has 2 fully saturated rings.